The first-order chi connectivity index (χ1) is 9.48. The van der Waals surface area contributed by atoms with Crippen LogP contribution >= 0.6 is 46.8 Å². The second-order valence-electron chi connectivity index (χ2n) is 4.42. The Morgan fingerprint density at radius 3 is 1.95 bits per heavy atom. The van der Waals surface area contributed by atoms with Gasteiger partial charge in [0.1, 0.15) is 0 Å². The highest BCUT2D eigenvalue weighted by Crippen LogP contribution is 2.36. The van der Waals surface area contributed by atoms with E-state index < -0.39 is 17.4 Å². The van der Waals surface area contributed by atoms with Gasteiger partial charge in [-0.1, -0.05) is 21.6 Å². The number of thiol groups is 2. The lowest BCUT2D eigenvalue weighted by molar-refractivity contribution is -0.149. The Bertz CT molecular complexity index is 293. The van der Waals surface area contributed by atoms with Crippen molar-refractivity contribution in [3.63, 3.8) is 0 Å². The van der Waals surface area contributed by atoms with Crippen LogP contribution in [0.4, 0.5) is 0 Å². The average molecular weight is 359 g/mol. The van der Waals surface area contributed by atoms with Crippen LogP contribution in [-0.4, -0.2) is 45.2 Å². The van der Waals surface area contributed by atoms with E-state index in [4.69, 9.17) is 5.11 Å². The van der Waals surface area contributed by atoms with E-state index in [0.29, 0.717) is 37.2 Å². The van der Waals surface area contributed by atoms with Crippen LogP contribution in [0.2, 0.25) is 0 Å². The number of carboxylic acid groups (broad SMARTS) is 2. The first-order valence-corrected chi connectivity index (χ1v) is 10.1. The highest BCUT2D eigenvalue weighted by molar-refractivity contribution is 8.76. The second kappa shape index (κ2) is 11.9. The standard InChI is InChI=1S/C12H22O4S4/c13-10(14)2-1-8-19-20-9-5-12(3-6-17,4-7-18)11(15)16/h17-18H,1-9H2,(H,13,14)(H,15,16). The van der Waals surface area contributed by atoms with E-state index in [2.05, 4.69) is 25.3 Å². The lowest BCUT2D eigenvalue weighted by Crippen LogP contribution is -2.33. The molecular weight excluding hydrogens is 336 g/mol. The quantitative estimate of drug-likeness (QED) is 0.230. The molecule has 0 saturated heterocycles. The molecule has 0 spiro atoms. The minimum atomic E-state index is -0.775. The molecule has 2 N–H and O–H groups in total. The van der Waals surface area contributed by atoms with E-state index in [1.807, 2.05) is 0 Å². The van der Waals surface area contributed by atoms with Crippen molar-refractivity contribution in [1.29, 1.82) is 0 Å². The largest absolute Gasteiger partial charge is 0.481 e. The monoisotopic (exact) mass is 358 g/mol. The molecule has 0 radical (unpaired) electrons. The molecule has 0 saturated carbocycles. The van der Waals surface area contributed by atoms with Gasteiger partial charge in [0.05, 0.1) is 5.41 Å². The third-order valence-corrected chi connectivity index (χ3v) is 5.94. The summed E-state index contributed by atoms with van der Waals surface area (Å²) in [4.78, 5) is 21.8. The molecule has 0 aromatic carbocycles. The van der Waals surface area contributed by atoms with E-state index in [1.165, 1.54) is 0 Å². The van der Waals surface area contributed by atoms with Gasteiger partial charge in [-0.3, -0.25) is 9.59 Å². The van der Waals surface area contributed by atoms with Gasteiger partial charge in [0, 0.05) is 17.9 Å². The summed E-state index contributed by atoms with van der Waals surface area (Å²) in [6.45, 7) is 0. The number of hydrogen-bond donors (Lipinski definition) is 4. The molecule has 0 aliphatic heterocycles. The fourth-order valence-electron chi connectivity index (χ4n) is 1.76. The summed E-state index contributed by atoms with van der Waals surface area (Å²) in [6, 6.07) is 0. The van der Waals surface area contributed by atoms with Gasteiger partial charge in [-0.05, 0) is 37.2 Å². The molecule has 20 heavy (non-hydrogen) atoms. The van der Waals surface area contributed by atoms with Crippen LogP contribution in [0, 0.1) is 5.41 Å². The topological polar surface area (TPSA) is 74.6 Å². The Hall–Kier alpha value is 0.340. The van der Waals surface area contributed by atoms with Gasteiger partial charge in [0.15, 0.2) is 0 Å². The maximum absolute atomic E-state index is 11.5. The van der Waals surface area contributed by atoms with Crippen molar-refractivity contribution in [3.05, 3.63) is 0 Å². The minimum Gasteiger partial charge on any atom is -0.481 e. The molecule has 0 aromatic rings. The highest BCUT2D eigenvalue weighted by atomic mass is 33.1. The first kappa shape index (κ1) is 20.3. The molecule has 0 aliphatic rings. The summed E-state index contributed by atoms with van der Waals surface area (Å²) in [5, 5.41) is 17.9. The fraction of sp³-hybridized carbons (Fsp3) is 0.833. The maximum Gasteiger partial charge on any atom is 0.309 e. The fourth-order valence-corrected chi connectivity index (χ4v) is 4.90. The average Bonchev–Trinajstić information content (AvgIpc) is 2.37. The van der Waals surface area contributed by atoms with E-state index in [-0.39, 0.29) is 6.42 Å². The molecule has 0 bridgehead atoms. The number of hydrogen-bond acceptors (Lipinski definition) is 6. The molecule has 0 aromatic heterocycles. The molecule has 118 valence electrons. The normalized spacial score (nSPS) is 11.5. The predicted octanol–water partition coefficient (Wildman–Crippen LogP) is 3.33. The molecule has 0 unspecified atom stereocenters. The van der Waals surface area contributed by atoms with Gasteiger partial charge >= 0.3 is 11.9 Å². The second-order valence-corrected chi connectivity index (χ2v) is 8.02. The van der Waals surface area contributed by atoms with Gasteiger partial charge in [-0.15, -0.1) is 0 Å². The van der Waals surface area contributed by atoms with Gasteiger partial charge < -0.3 is 10.2 Å². The third kappa shape index (κ3) is 8.59. The Morgan fingerprint density at radius 1 is 0.950 bits per heavy atom. The molecule has 8 heteroatoms. The zero-order valence-corrected chi connectivity index (χ0v) is 14.7. The van der Waals surface area contributed by atoms with Gasteiger partial charge in [-0.25, -0.2) is 0 Å². The Labute approximate surface area is 139 Å². The zero-order chi connectivity index (χ0) is 15.4. The molecular formula is C12H22O4S4. The number of aliphatic carboxylic acids is 2. The van der Waals surface area contributed by atoms with Gasteiger partial charge in [-0.2, -0.15) is 25.3 Å². The molecule has 0 amide bonds. The van der Waals surface area contributed by atoms with E-state index in [1.54, 1.807) is 21.6 Å². The number of rotatable bonds is 13. The molecule has 0 fully saturated rings. The molecule has 0 rings (SSSR count). The van der Waals surface area contributed by atoms with Crippen LogP contribution in [0.3, 0.4) is 0 Å². The van der Waals surface area contributed by atoms with Crippen molar-refractivity contribution in [2.75, 3.05) is 23.0 Å². The first-order valence-electron chi connectivity index (χ1n) is 6.40. The SMILES string of the molecule is O=C(O)CCCSSCCC(CCS)(CCS)C(=O)O. The molecule has 0 heterocycles. The van der Waals surface area contributed by atoms with Crippen LogP contribution in [0.15, 0.2) is 0 Å². The summed E-state index contributed by atoms with van der Waals surface area (Å²) < 4.78 is 0. The third-order valence-electron chi connectivity index (χ3n) is 3.00. The number of carbonyl (C=O) groups is 2. The van der Waals surface area contributed by atoms with Crippen LogP contribution in [0.25, 0.3) is 0 Å². The Balaban J connectivity index is 4.01. The van der Waals surface area contributed by atoms with Crippen LogP contribution in [0.1, 0.15) is 32.1 Å². The van der Waals surface area contributed by atoms with Crippen LogP contribution < -0.4 is 0 Å². The summed E-state index contributed by atoms with van der Waals surface area (Å²) in [7, 11) is 3.22. The molecule has 0 aliphatic carbocycles. The van der Waals surface area contributed by atoms with E-state index in [9.17, 15) is 14.7 Å². The van der Waals surface area contributed by atoms with E-state index >= 15 is 0 Å². The summed E-state index contributed by atoms with van der Waals surface area (Å²) >= 11 is 8.31. The van der Waals surface area contributed by atoms with Crippen LogP contribution in [0.5, 0.6) is 0 Å². The number of carboxylic acids is 2. The maximum atomic E-state index is 11.5. The van der Waals surface area contributed by atoms with Crippen molar-refractivity contribution in [2.45, 2.75) is 32.1 Å². The zero-order valence-electron chi connectivity index (χ0n) is 11.3. The smallest absolute Gasteiger partial charge is 0.309 e. The lowest BCUT2D eigenvalue weighted by Gasteiger charge is -2.28. The van der Waals surface area contributed by atoms with E-state index in [0.717, 1.165) is 11.5 Å². The Kier molecular flexibility index (Phi) is 12.1. The van der Waals surface area contributed by atoms with Gasteiger partial charge in [0.2, 0.25) is 0 Å². The lowest BCUT2D eigenvalue weighted by atomic mass is 9.80. The van der Waals surface area contributed by atoms with Crippen molar-refractivity contribution in [1.82, 2.24) is 0 Å². The van der Waals surface area contributed by atoms with Crippen molar-refractivity contribution < 1.29 is 19.8 Å². The predicted molar refractivity (Wildman–Crippen MR) is 93.4 cm³/mol. The molecule has 4 nitrogen and oxygen atoms in total. The van der Waals surface area contributed by atoms with Crippen molar-refractivity contribution in [3.8, 4) is 0 Å². The van der Waals surface area contributed by atoms with Crippen molar-refractivity contribution in [2.24, 2.45) is 5.41 Å². The summed E-state index contributed by atoms with van der Waals surface area (Å²) in [6.07, 6.45) is 2.53. The minimum absolute atomic E-state index is 0.186. The van der Waals surface area contributed by atoms with Gasteiger partial charge in [0.25, 0.3) is 0 Å². The van der Waals surface area contributed by atoms with Crippen molar-refractivity contribution >= 4 is 58.8 Å². The highest BCUT2D eigenvalue weighted by Gasteiger charge is 2.36. The summed E-state index contributed by atoms with van der Waals surface area (Å²) in [5.74, 6) is 1.08. The van der Waals surface area contributed by atoms with Crippen LogP contribution in [-0.2, 0) is 9.59 Å². The Morgan fingerprint density at radius 2 is 1.50 bits per heavy atom. The molecule has 0 atom stereocenters. The summed E-state index contributed by atoms with van der Waals surface area (Å²) in [5.41, 5.74) is -0.724.